The molecule has 102 valence electrons. The Bertz CT molecular complexity index is 239. The molecule has 0 radical (unpaired) electrons. The van der Waals surface area contributed by atoms with Crippen molar-refractivity contribution in [2.24, 2.45) is 0 Å². The summed E-state index contributed by atoms with van der Waals surface area (Å²) in [5, 5.41) is 12.2. The Morgan fingerprint density at radius 1 is 1.53 bits per heavy atom. The summed E-state index contributed by atoms with van der Waals surface area (Å²) >= 11 is 0. The van der Waals surface area contributed by atoms with Crippen LogP contribution in [0.25, 0.3) is 0 Å². The highest BCUT2D eigenvalue weighted by atomic mass is 35.5. The minimum Gasteiger partial charge on any atom is -0.392 e. The standard InChI is InChI=1S/C11H23N3O2.ClH/c1-9-7-14(11(16)6-12-3)5-4-13(9)8-10(2)15;/h9-10,12,15H,4-8H2,1-3H3;1H. The van der Waals surface area contributed by atoms with Crippen molar-refractivity contribution in [2.45, 2.75) is 26.0 Å². The molecule has 0 aromatic rings. The van der Waals surface area contributed by atoms with Gasteiger partial charge in [-0.2, -0.15) is 0 Å². The SMILES string of the molecule is CNCC(=O)N1CCN(CC(C)O)C(C)C1.Cl. The Balaban J connectivity index is 0.00000256. The van der Waals surface area contributed by atoms with Gasteiger partial charge in [-0.25, -0.2) is 0 Å². The summed E-state index contributed by atoms with van der Waals surface area (Å²) in [5.41, 5.74) is 0. The second-order valence-electron chi connectivity index (χ2n) is 4.56. The van der Waals surface area contributed by atoms with Crippen LogP contribution < -0.4 is 5.32 Å². The van der Waals surface area contributed by atoms with E-state index < -0.39 is 0 Å². The number of hydrogen-bond acceptors (Lipinski definition) is 4. The maximum atomic E-state index is 11.7. The number of amides is 1. The third kappa shape index (κ3) is 5.21. The molecule has 0 saturated carbocycles. The Kier molecular flexibility index (Phi) is 7.70. The normalized spacial score (nSPS) is 23.1. The lowest BCUT2D eigenvalue weighted by atomic mass is 10.1. The second kappa shape index (κ2) is 7.87. The van der Waals surface area contributed by atoms with E-state index in [9.17, 15) is 9.90 Å². The molecule has 6 heteroatoms. The van der Waals surface area contributed by atoms with Gasteiger partial charge < -0.3 is 15.3 Å². The van der Waals surface area contributed by atoms with E-state index in [1.165, 1.54) is 0 Å². The van der Waals surface area contributed by atoms with Crippen LogP contribution in [0.15, 0.2) is 0 Å². The van der Waals surface area contributed by atoms with E-state index in [0.717, 1.165) is 19.6 Å². The average Bonchev–Trinajstić information content (AvgIpc) is 2.20. The molecule has 1 amide bonds. The molecule has 1 saturated heterocycles. The van der Waals surface area contributed by atoms with Crippen molar-refractivity contribution in [2.75, 3.05) is 39.8 Å². The first-order chi connectivity index (χ1) is 7.54. The number of carbonyl (C=O) groups is 1. The van der Waals surface area contributed by atoms with Gasteiger partial charge in [0.15, 0.2) is 0 Å². The number of rotatable bonds is 4. The minimum atomic E-state index is -0.304. The lowest BCUT2D eigenvalue weighted by Crippen LogP contribution is -2.56. The predicted octanol–water partition coefficient (Wildman–Crippen LogP) is -0.459. The fourth-order valence-electron chi connectivity index (χ4n) is 2.10. The number of aliphatic hydroxyl groups excluding tert-OH is 1. The molecule has 17 heavy (non-hydrogen) atoms. The number of nitrogens with zero attached hydrogens (tertiary/aromatic N) is 2. The highest BCUT2D eigenvalue weighted by Gasteiger charge is 2.26. The first-order valence-electron chi connectivity index (χ1n) is 5.89. The van der Waals surface area contributed by atoms with E-state index >= 15 is 0 Å². The van der Waals surface area contributed by atoms with Crippen LogP contribution in [-0.2, 0) is 4.79 Å². The molecule has 0 aliphatic carbocycles. The Morgan fingerprint density at radius 3 is 2.65 bits per heavy atom. The summed E-state index contributed by atoms with van der Waals surface area (Å²) < 4.78 is 0. The van der Waals surface area contributed by atoms with Gasteiger partial charge in [-0.05, 0) is 20.9 Å². The van der Waals surface area contributed by atoms with Gasteiger partial charge in [-0.15, -0.1) is 12.4 Å². The van der Waals surface area contributed by atoms with E-state index in [-0.39, 0.29) is 24.4 Å². The molecular formula is C11H24ClN3O2. The zero-order valence-corrected chi connectivity index (χ0v) is 11.7. The molecule has 1 fully saturated rings. The maximum Gasteiger partial charge on any atom is 0.236 e. The van der Waals surface area contributed by atoms with Crippen molar-refractivity contribution in [1.29, 1.82) is 0 Å². The summed E-state index contributed by atoms with van der Waals surface area (Å²) in [6, 6.07) is 0.323. The topological polar surface area (TPSA) is 55.8 Å². The third-order valence-corrected chi connectivity index (χ3v) is 2.94. The number of β-amino-alcohol motifs (C(OH)–C–C–N with tert-alkyl or cyclic N) is 1. The molecule has 1 heterocycles. The number of aliphatic hydroxyl groups is 1. The molecule has 1 rings (SSSR count). The zero-order chi connectivity index (χ0) is 12.1. The van der Waals surface area contributed by atoms with Crippen LogP contribution in [0, 0.1) is 0 Å². The summed E-state index contributed by atoms with van der Waals surface area (Å²) in [6.45, 7) is 7.36. The largest absolute Gasteiger partial charge is 0.392 e. The summed E-state index contributed by atoms with van der Waals surface area (Å²) in [7, 11) is 1.78. The van der Waals surface area contributed by atoms with Crippen molar-refractivity contribution >= 4 is 18.3 Å². The molecule has 0 aromatic heterocycles. The average molecular weight is 266 g/mol. The number of piperazine rings is 1. The molecule has 1 aliphatic heterocycles. The van der Waals surface area contributed by atoms with Crippen LogP contribution in [0.5, 0.6) is 0 Å². The van der Waals surface area contributed by atoms with Gasteiger partial charge in [0.2, 0.25) is 5.91 Å². The van der Waals surface area contributed by atoms with Crippen molar-refractivity contribution in [1.82, 2.24) is 15.1 Å². The quantitative estimate of drug-likeness (QED) is 0.723. The van der Waals surface area contributed by atoms with Gasteiger partial charge in [-0.3, -0.25) is 9.69 Å². The smallest absolute Gasteiger partial charge is 0.236 e. The van der Waals surface area contributed by atoms with Gasteiger partial charge in [0.05, 0.1) is 12.6 Å². The number of hydrogen-bond donors (Lipinski definition) is 2. The molecule has 5 nitrogen and oxygen atoms in total. The second-order valence-corrected chi connectivity index (χ2v) is 4.56. The molecule has 1 aliphatic rings. The minimum absolute atomic E-state index is 0. The fourth-order valence-corrected chi connectivity index (χ4v) is 2.10. The van der Waals surface area contributed by atoms with Crippen LogP contribution in [0.1, 0.15) is 13.8 Å². The molecule has 0 bridgehead atoms. The lowest BCUT2D eigenvalue weighted by molar-refractivity contribution is -0.133. The van der Waals surface area contributed by atoms with E-state index in [1.807, 2.05) is 4.90 Å². The Morgan fingerprint density at radius 2 is 2.18 bits per heavy atom. The van der Waals surface area contributed by atoms with E-state index in [1.54, 1.807) is 14.0 Å². The highest BCUT2D eigenvalue weighted by molar-refractivity contribution is 5.85. The maximum absolute atomic E-state index is 11.7. The number of nitrogens with one attached hydrogen (secondary N) is 1. The van der Waals surface area contributed by atoms with Crippen molar-refractivity contribution < 1.29 is 9.90 Å². The molecule has 2 N–H and O–H groups in total. The number of halogens is 1. The molecule has 0 spiro atoms. The monoisotopic (exact) mass is 265 g/mol. The molecule has 2 atom stereocenters. The summed E-state index contributed by atoms with van der Waals surface area (Å²) in [4.78, 5) is 15.8. The lowest BCUT2D eigenvalue weighted by Gasteiger charge is -2.40. The molecule has 0 aromatic carbocycles. The van der Waals surface area contributed by atoms with Crippen LogP contribution in [0.2, 0.25) is 0 Å². The van der Waals surface area contributed by atoms with Crippen molar-refractivity contribution in [3.8, 4) is 0 Å². The first-order valence-corrected chi connectivity index (χ1v) is 5.89. The van der Waals surface area contributed by atoms with Crippen LogP contribution in [-0.4, -0.2) is 72.7 Å². The number of likely N-dealkylation sites (N-methyl/N-ethyl adjacent to an activating group) is 1. The Hall–Kier alpha value is -0.360. The van der Waals surface area contributed by atoms with Crippen molar-refractivity contribution in [3.63, 3.8) is 0 Å². The van der Waals surface area contributed by atoms with E-state index in [2.05, 4.69) is 17.1 Å². The zero-order valence-electron chi connectivity index (χ0n) is 10.8. The molecule has 2 unspecified atom stereocenters. The van der Waals surface area contributed by atoms with Gasteiger partial charge in [-0.1, -0.05) is 0 Å². The van der Waals surface area contributed by atoms with Gasteiger partial charge in [0, 0.05) is 32.2 Å². The van der Waals surface area contributed by atoms with Gasteiger partial charge in [0.1, 0.15) is 0 Å². The fraction of sp³-hybridized carbons (Fsp3) is 0.909. The third-order valence-electron chi connectivity index (χ3n) is 2.94. The van der Waals surface area contributed by atoms with Gasteiger partial charge in [0.25, 0.3) is 0 Å². The highest BCUT2D eigenvalue weighted by Crippen LogP contribution is 2.10. The van der Waals surface area contributed by atoms with Crippen LogP contribution in [0.3, 0.4) is 0 Å². The van der Waals surface area contributed by atoms with Crippen LogP contribution >= 0.6 is 12.4 Å². The van der Waals surface area contributed by atoms with Crippen molar-refractivity contribution in [3.05, 3.63) is 0 Å². The van der Waals surface area contributed by atoms with Crippen LogP contribution in [0.4, 0.5) is 0 Å². The van der Waals surface area contributed by atoms with E-state index in [0.29, 0.717) is 19.1 Å². The molecular weight excluding hydrogens is 242 g/mol. The number of carbonyl (C=O) groups excluding carboxylic acids is 1. The predicted molar refractivity (Wildman–Crippen MR) is 70.5 cm³/mol. The van der Waals surface area contributed by atoms with Gasteiger partial charge >= 0.3 is 0 Å². The summed E-state index contributed by atoms with van der Waals surface area (Å²) in [6.07, 6.45) is -0.304. The van der Waals surface area contributed by atoms with E-state index in [4.69, 9.17) is 0 Å². The summed E-state index contributed by atoms with van der Waals surface area (Å²) in [5.74, 6) is 0.158. The Labute approximate surface area is 110 Å². The first kappa shape index (κ1) is 16.6.